The lowest BCUT2D eigenvalue weighted by Crippen LogP contribution is -2.41. The molecule has 0 bridgehead atoms. The summed E-state index contributed by atoms with van der Waals surface area (Å²) < 4.78 is 0. The zero-order chi connectivity index (χ0) is 16.2. The van der Waals surface area contributed by atoms with Crippen molar-refractivity contribution >= 4 is 5.91 Å². The van der Waals surface area contributed by atoms with Crippen molar-refractivity contribution in [1.82, 2.24) is 10.6 Å². The average molecular weight is 310 g/mol. The Morgan fingerprint density at radius 3 is 2.39 bits per heavy atom. The molecule has 1 fully saturated rings. The molecule has 0 aliphatic carbocycles. The summed E-state index contributed by atoms with van der Waals surface area (Å²) in [6.07, 6.45) is 0.0529. The summed E-state index contributed by atoms with van der Waals surface area (Å²) in [7, 11) is 0. The Balaban J connectivity index is 1.64. The largest absolute Gasteiger partial charge is 0.392 e. The van der Waals surface area contributed by atoms with E-state index >= 15 is 0 Å². The third-order valence-electron chi connectivity index (χ3n) is 4.30. The van der Waals surface area contributed by atoms with Crippen LogP contribution in [0.1, 0.15) is 24.9 Å². The fourth-order valence-corrected chi connectivity index (χ4v) is 2.91. The first-order chi connectivity index (χ1) is 11.1. The summed E-state index contributed by atoms with van der Waals surface area (Å²) in [5.74, 6) is -0.0545. The first-order valence-corrected chi connectivity index (χ1v) is 8.00. The Morgan fingerprint density at radius 1 is 1.13 bits per heavy atom. The molecule has 3 unspecified atom stereocenters. The van der Waals surface area contributed by atoms with Crippen molar-refractivity contribution in [1.29, 1.82) is 0 Å². The fraction of sp³-hybridized carbons (Fsp3) is 0.316. The number of hydrogen-bond acceptors (Lipinski definition) is 3. The van der Waals surface area contributed by atoms with E-state index in [1.165, 1.54) is 5.56 Å². The van der Waals surface area contributed by atoms with Gasteiger partial charge in [0.1, 0.15) is 0 Å². The minimum absolute atomic E-state index is 0.0545. The van der Waals surface area contributed by atoms with Gasteiger partial charge in [-0.3, -0.25) is 4.79 Å². The molecular formula is C19H22N2O2. The van der Waals surface area contributed by atoms with Crippen LogP contribution in [0.4, 0.5) is 0 Å². The van der Waals surface area contributed by atoms with Crippen molar-refractivity contribution in [3.05, 3.63) is 60.2 Å². The van der Waals surface area contributed by atoms with Gasteiger partial charge in [-0.25, -0.2) is 0 Å². The second-order valence-corrected chi connectivity index (χ2v) is 6.07. The first kappa shape index (κ1) is 15.7. The maximum atomic E-state index is 12.2. The Bertz CT molecular complexity index is 655. The standard InChI is InChI=1S/C19H22N2O2/c1-13(21-19(23)18-11-17(22)12-20-18)14-7-9-16(10-8-14)15-5-3-2-4-6-15/h2-10,13,17-18,20,22H,11-12H2,1H3,(H,21,23). The second kappa shape index (κ2) is 6.94. The topological polar surface area (TPSA) is 61.4 Å². The predicted molar refractivity (Wildman–Crippen MR) is 90.9 cm³/mol. The van der Waals surface area contributed by atoms with E-state index in [9.17, 15) is 9.90 Å². The van der Waals surface area contributed by atoms with Gasteiger partial charge in [0.25, 0.3) is 0 Å². The van der Waals surface area contributed by atoms with Crippen molar-refractivity contribution in [2.75, 3.05) is 6.54 Å². The lowest BCUT2D eigenvalue weighted by molar-refractivity contribution is -0.123. The van der Waals surface area contributed by atoms with E-state index in [2.05, 4.69) is 34.9 Å². The Kier molecular flexibility index (Phi) is 4.74. The fourth-order valence-electron chi connectivity index (χ4n) is 2.91. The van der Waals surface area contributed by atoms with E-state index in [1.807, 2.05) is 37.3 Å². The van der Waals surface area contributed by atoms with Crippen LogP contribution in [-0.4, -0.2) is 29.7 Å². The zero-order valence-electron chi connectivity index (χ0n) is 13.2. The Labute approximate surface area is 136 Å². The van der Waals surface area contributed by atoms with Gasteiger partial charge in [0.15, 0.2) is 0 Å². The number of hydrogen-bond donors (Lipinski definition) is 3. The summed E-state index contributed by atoms with van der Waals surface area (Å²) in [5.41, 5.74) is 3.41. The first-order valence-electron chi connectivity index (χ1n) is 8.00. The van der Waals surface area contributed by atoms with Crippen molar-refractivity contribution in [2.24, 2.45) is 0 Å². The van der Waals surface area contributed by atoms with E-state index in [0.717, 1.165) is 11.1 Å². The molecule has 3 N–H and O–H groups in total. The van der Waals surface area contributed by atoms with Gasteiger partial charge in [-0.2, -0.15) is 0 Å². The highest BCUT2D eigenvalue weighted by Crippen LogP contribution is 2.22. The van der Waals surface area contributed by atoms with Crippen LogP contribution in [0.2, 0.25) is 0 Å². The molecule has 0 saturated carbocycles. The van der Waals surface area contributed by atoms with Crippen molar-refractivity contribution in [3.8, 4) is 11.1 Å². The monoisotopic (exact) mass is 310 g/mol. The molecule has 1 saturated heterocycles. The van der Waals surface area contributed by atoms with Crippen LogP contribution in [0.25, 0.3) is 11.1 Å². The van der Waals surface area contributed by atoms with Gasteiger partial charge in [-0.15, -0.1) is 0 Å². The third-order valence-corrected chi connectivity index (χ3v) is 4.30. The van der Waals surface area contributed by atoms with Crippen LogP contribution >= 0.6 is 0 Å². The minimum atomic E-state index is -0.425. The maximum Gasteiger partial charge on any atom is 0.237 e. The smallest absolute Gasteiger partial charge is 0.237 e. The highest BCUT2D eigenvalue weighted by atomic mass is 16.3. The number of carbonyl (C=O) groups is 1. The molecule has 4 nitrogen and oxygen atoms in total. The van der Waals surface area contributed by atoms with Gasteiger partial charge in [-0.1, -0.05) is 54.6 Å². The molecule has 2 aromatic carbocycles. The third kappa shape index (κ3) is 3.78. The van der Waals surface area contributed by atoms with Crippen LogP contribution in [0.5, 0.6) is 0 Å². The van der Waals surface area contributed by atoms with Crippen molar-refractivity contribution < 1.29 is 9.90 Å². The predicted octanol–water partition coefficient (Wildman–Crippen LogP) is 2.25. The molecule has 1 amide bonds. The molecule has 2 aromatic rings. The highest BCUT2D eigenvalue weighted by molar-refractivity contribution is 5.82. The molecule has 3 atom stereocenters. The van der Waals surface area contributed by atoms with Gasteiger partial charge in [0.2, 0.25) is 5.91 Å². The van der Waals surface area contributed by atoms with Gasteiger partial charge in [0, 0.05) is 6.54 Å². The van der Waals surface area contributed by atoms with E-state index in [4.69, 9.17) is 0 Å². The number of aliphatic hydroxyl groups is 1. The summed E-state index contributed by atoms with van der Waals surface area (Å²) in [6.45, 7) is 2.46. The van der Waals surface area contributed by atoms with Gasteiger partial charge in [0.05, 0.1) is 18.2 Å². The number of benzene rings is 2. The van der Waals surface area contributed by atoms with E-state index in [1.54, 1.807) is 0 Å². The Morgan fingerprint density at radius 2 is 1.78 bits per heavy atom. The molecule has 0 aromatic heterocycles. The zero-order valence-corrected chi connectivity index (χ0v) is 13.2. The molecular weight excluding hydrogens is 288 g/mol. The SMILES string of the molecule is CC(NC(=O)C1CC(O)CN1)c1ccc(-c2ccccc2)cc1. The van der Waals surface area contributed by atoms with Gasteiger partial charge < -0.3 is 15.7 Å². The van der Waals surface area contributed by atoms with Crippen molar-refractivity contribution in [3.63, 3.8) is 0 Å². The highest BCUT2D eigenvalue weighted by Gasteiger charge is 2.28. The summed E-state index contributed by atoms with van der Waals surface area (Å²) in [5, 5.41) is 15.5. The molecule has 1 aliphatic heterocycles. The number of nitrogens with one attached hydrogen (secondary N) is 2. The second-order valence-electron chi connectivity index (χ2n) is 6.07. The number of aliphatic hydroxyl groups excluding tert-OH is 1. The van der Waals surface area contributed by atoms with Crippen LogP contribution in [0, 0.1) is 0 Å². The van der Waals surface area contributed by atoms with Crippen LogP contribution in [0.3, 0.4) is 0 Å². The molecule has 0 radical (unpaired) electrons. The van der Waals surface area contributed by atoms with E-state index in [0.29, 0.717) is 13.0 Å². The molecule has 1 aliphatic rings. The van der Waals surface area contributed by atoms with E-state index in [-0.39, 0.29) is 18.0 Å². The normalized spacial score (nSPS) is 21.8. The van der Waals surface area contributed by atoms with Crippen LogP contribution in [0.15, 0.2) is 54.6 Å². The number of rotatable bonds is 4. The average Bonchev–Trinajstić information content (AvgIpc) is 3.02. The van der Waals surface area contributed by atoms with Gasteiger partial charge >= 0.3 is 0 Å². The lowest BCUT2D eigenvalue weighted by Gasteiger charge is -2.18. The Hall–Kier alpha value is -2.17. The summed E-state index contributed by atoms with van der Waals surface area (Å²) in [6, 6.07) is 18.1. The van der Waals surface area contributed by atoms with E-state index < -0.39 is 6.10 Å². The quantitative estimate of drug-likeness (QED) is 0.812. The molecule has 23 heavy (non-hydrogen) atoms. The molecule has 0 spiro atoms. The number of carbonyl (C=O) groups excluding carboxylic acids is 1. The molecule has 3 rings (SSSR count). The van der Waals surface area contributed by atoms with Crippen LogP contribution < -0.4 is 10.6 Å². The summed E-state index contributed by atoms with van der Waals surface area (Å²) >= 11 is 0. The minimum Gasteiger partial charge on any atom is -0.392 e. The molecule has 120 valence electrons. The maximum absolute atomic E-state index is 12.2. The van der Waals surface area contributed by atoms with Gasteiger partial charge in [-0.05, 0) is 30.0 Å². The number of amides is 1. The van der Waals surface area contributed by atoms with Crippen molar-refractivity contribution in [2.45, 2.75) is 31.5 Å². The lowest BCUT2D eigenvalue weighted by atomic mass is 10.0. The number of β-amino-alcohol motifs (C(OH)–C–C–N with tert-alkyl or cyclic N) is 1. The van der Waals surface area contributed by atoms with Crippen LogP contribution in [-0.2, 0) is 4.79 Å². The summed E-state index contributed by atoms with van der Waals surface area (Å²) in [4.78, 5) is 12.2. The molecule has 1 heterocycles. The molecule has 4 heteroatoms.